The van der Waals surface area contributed by atoms with Crippen LogP contribution in [0.15, 0.2) is 41.3 Å². The molecule has 0 saturated carbocycles. The van der Waals surface area contributed by atoms with Crippen molar-refractivity contribution in [3.05, 3.63) is 47.8 Å². The van der Waals surface area contributed by atoms with Gasteiger partial charge in [0.25, 0.3) is 5.91 Å². The van der Waals surface area contributed by atoms with Crippen molar-refractivity contribution < 1.29 is 31.8 Å². The van der Waals surface area contributed by atoms with Gasteiger partial charge in [0.2, 0.25) is 15.8 Å². The quantitative estimate of drug-likeness (QED) is 0.686. The van der Waals surface area contributed by atoms with Gasteiger partial charge in [-0.3, -0.25) is 4.79 Å². The Hall–Kier alpha value is -2.85. The van der Waals surface area contributed by atoms with E-state index < -0.39 is 15.8 Å². The molecular formula is C20H23FN2O6S. The molecule has 1 aliphatic rings. The first kappa shape index (κ1) is 21.8. The van der Waals surface area contributed by atoms with Gasteiger partial charge in [-0.15, -0.1) is 0 Å². The summed E-state index contributed by atoms with van der Waals surface area (Å²) in [6.07, 6.45) is 0. The van der Waals surface area contributed by atoms with Gasteiger partial charge in [0.05, 0.1) is 31.8 Å². The zero-order valence-corrected chi connectivity index (χ0v) is 17.7. The highest BCUT2D eigenvalue weighted by atomic mass is 32.2. The van der Waals surface area contributed by atoms with Gasteiger partial charge in [-0.2, -0.15) is 4.31 Å². The lowest BCUT2D eigenvalue weighted by Gasteiger charge is -2.34. The first-order chi connectivity index (χ1) is 14.3. The lowest BCUT2D eigenvalue weighted by atomic mass is 10.1. The summed E-state index contributed by atoms with van der Waals surface area (Å²) in [6.45, 7) is 0.662. The number of carbonyl (C=O) groups is 1. The van der Waals surface area contributed by atoms with E-state index in [0.29, 0.717) is 17.1 Å². The molecule has 1 amide bonds. The van der Waals surface area contributed by atoms with Crippen LogP contribution < -0.4 is 14.2 Å². The number of piperazine rings is 1. The first-order valence-corrected chi connectivity index (χ1v) is 10.6. The number of rotatable bonds is 6. The lowest BCUT2D eigenvalue weighted by molar-refractivity contribution is 0.0693. The van der Waals surface area contributed by atoms with Gasteiger partial charge >= 0.3 is 0 Å². The second-order valence-corrected chi connectivity index (χ2v) is 8.47. The van der Waals surface area contributed by atoms with Crippen LogP contribution >= 0.6 is 0 Å². The zero-order chi connectivity index (χ0) is 21.9. The molecule has 0 unspecified atom stereocenters. The number of sulfonamides is 1. The predicted octanol–water partition coefficient (Wildman–Crippen LogP) is 2.00. The second-order valence-electron chi connectivity index (χ2n) is 6.53. The van der Waals surface area contributed by atoms with Crippen LogP contribution in [0.2, 0.25) is 0 Å². The monoisotopic (exact) mass is 438 g/mol. The highest BCUT2D eigenvalue weighted by molar-refractivity contribution is 7.89. The normalized spacial score (nSPS) is 15.0. The van der Waals surface area contributed by atoms with E-state index in [4.69, 9.17) is 14.2 Å². The molecule has 162 valence electrons. The third-order valence-electron chi connectivity index (χ3n) is 4.91. The van der Waals surface area contributed by atoms with Gasteiger partial charge in [0, 0.05) is 26.2 Å². The Kier molecular flexibility index (Phi) is 6.47. The highest BCUT2D eigenvalue weighted by Gasteiger charge is 2.32. The van der Waals surface area contributed by atoms with Gasteiger partial charge in [0.1, 0.15) is 5.82 Å². The summed E-state index contributed by atoms with van der Waals surface area (Å²) >= 11 is 0. The molecule has 0 aliphatic carbocycles. The standard InChI is InChI=1S/C20H23FN2O6S/c1-27-17-9-8-16(18(28-2)19(17)29-3)20(24)22-10-12-23(13-11-22)30(25,26)15-6-4-14(21)5-7-15/h4-9H,10-13H2,1-3H3. The molecular weight excluding hydrogens is 415 g/mol. The Labute approximate surface area is 174 Å². The van der Waals surface area contributed by atoms with Crippen LogP contribution in [0.25, 0.3) is 0 Å². The largest absolute Gasteiger partial charge is 0.493 e. The number of hydrogen-bond donors (Lipinski definition) is 0. The van der Waals surface area contributed by atoms with Gasteiger partial charge in [-0.25, -0.2) is 12.8 Å². The molecule has 2 aromatic carbocycles. The summed E-state index contributed by atoms with van der Waals surface area (Å²) in [5.74, 6) is 0.188. The van der Waals surface area contributed by atoms with E-state index in [-0.39, 0.29) is 42.7 Å². The number of halogens is 1. The Morgan fingerprint density at radius 1 is 0.867 bits per heavy atom. The summed E-state index contributed by atoms with van der Waals surface area (Å²) in [6, 6.07) is 7.88. The van der Waals surface area contributed by atoms with E-state index in [9.17, 15) is 17.6 Å². The molecule has 1 saturated heterocycles. The number of amides is 1. The molecule has 1 fully saturated rings. The third kappa shape index (κ3) is 4.05. The minimum absolute atomic E-state index is 0.0187. The van der Waals surface area contributed by atoms with Crippen molar-refractivity contribution in [2.45, 2.75) is 4.90 Å². The lowest BCUT2D eigenvalue weighted by Crippen LogP contribution is -2.50. The van der Waals surface area contributed by atoms with Crippen molar-refractivity contribution in [1.82, 2.24) is 9.21 Å². The van der Waals surface area contributed by atoms with E-state index in [1.54, 1.807) is 17.0 Å². The maximum atomic E-state index is 13.1. The van der Waals surface area contributed by atoms with Crippen molar-refractivity contribution in [3.63, 3.8) is 0 Å². The fourth-order valence-corrected chi connectivity index (χ4v) is 4.75. The molecule has 8 nitrogen and oxygen atoms in total. The number of methoxy groups -OCH3 is 3. The topological polar surface area (TPSA) is 85.4 Å². The molecule has 0 bridgehead atoms. The van der Waals surface area contributed by atoms with E-state index in [2.05, 4.69) is 0 Å². The summed E-state index contributed by atoms with van der Waals surface area (Å²) in [5.41, 5.74) is 0.296. The van der Waals surface area contributed by atoms with Crippen molar-refractivity contribution >= 4 is 15.9 Å². The van der Waals surface area contributed by atoms with E-state index in [0.717, 1.165) is 12.1 Å². The number of benzene rings is 2. The van der Waals surface area contributed by atoms with Crippen LogP contribution in [0, 0.1) is 5.82 Å². The summed E-state index contributed by atoms with van der Waals surface area (Å²) in [5, 5.41) is 0. The maximum Gasteiger partial charge on any atom is 0.257 e. The number of ether oxygens (including phenoxy) is 3. The minimum Gasteiger partial charge on any atom is -0.493 e. The Balaban J connectivity index is 1.77. The van der Waals surface area contributed by atoms with Gasteiger partial charge in [-0.05, 0) is 36.4 Å². The molecule has 0 spiro atoms. The van der Waals surface area contributed by atoms with Crippen molar-refractivity contribution in [3.8, 4) is 17.2 Å². The third-order valence-corrected chi connectivity index (χ3v) is 6.82. The smallest absolute Gasteiger partial charge is 0.257 e. The molecule has 3 rings (SSSR count). The van der Waals surface area contributed by atoms with Crippen LogP contribution in [0.5, 0.6) is 17.2 Å². The van der Waals surface area contributed by atoms with Gasteiger partial charge in [0.15, 0.2) is 11.5 Å². The average Bonchev–Trinajstić information content (AvgIpc) is 2.77. The Morgan fingerprint density at radius 3 is 2.00 bits per heavy atom. The number of carbonyl (C=O) groups excluding carboxylic acids is 1. The first-order valence-electron chi connectivity index (χ1n) is 9.17. The summed E-state index contributed by atoms with van der Waals surface area (Å²) < 4.78 is 55.8. The van der Waals surface area contributed by atoms with E-state index >= 15 is 0 Å². The summed E-state index contributed by atoms with van der Waals surface area (Å²) in [4.78, 5) is 14.6. The van der Waals surface area contributed by atoms with Crippen LogP contribution in [0.4, 0.5) is 4.39 Å². The number of hydrogen-bond acceptors (Lipinski definition) is 6. The molecule has 0 atom stereocenters. The summed E-state index contributed by atoms with van der Waals surface area (Å²) in [7, 11) is 0.612. The SMILES string of the molecule is COc1ccc(C(=O)N2CCN(S(=O)(=O)c3ccc(F)cc3)CC2)c(OC)c1OC. The average molecular weight is 438 g/mol. The van der Waals surface area contributed by atoms with Gasteiger partial charge in [-0.1, -0.05) is 0 Å². The highest BCUT2D eigenvalue weighted by Crippen LogP contribution is 2.40. The molecule has 1 heterocycles. The molecule has 0 radical (unpaired) electrons. The van der Waals surface area contributed by atoms with Crippen molar-refractivity contribution in [2.24, 2.45) is 0 Å². The predicted molar refractivity (Wildman–Crippen MR) is 107 cm³/mol. The minimum atomic E-state index is -3.76. The van der Waals surface area contributed by atoms with Gasteiger partial charge < -0.3 is 19.1 Å². The van der Waals surface area contributed by atoms with Crippen LogP contribution in [0.3, 0.4) is 0 Å². The molecule has 1 aliphatic heterocycles. The number of nitrogens with zero attached hydrogens (tertiary/aromatic N) is 2. The second kappa shape index (κ2) is 8.88. The van der Waals surface area contributed by atoms with E-state index in [1.807, 2.05) is 0 Å². The van der Waals surface area contributed by atoms with Crippen molar-refractivity contribution in [2.75, 3.05) is 47.5 Å². The molecule has 0 aromatic heterocycles. The van der Waals surface area contributed by atoms with Crippen molar-refractivity contribution in [1.29, 1.82) is 0 Å². The molecule has 30 heavy (non-hydrogen) atoms. The fourth-order valence-electron chi connectivity index (χ4n) is 3.33. The molecule has 10 heteroatoms. The fraction of sp³-hybridized carbons (Fsp3) is 0.350. The molecule has 2 aromatic rings. The Morgan fingerprint density at radius 2 is 1.47 bits per heavy atom. The van der Waals surface area contributed by atoms with Crippen LogP contribution in [-0.4, -0.2) is 71.0 Å². The van der Waals surface area contributed by atoms with Crippen LogP contribution in [0.1, 0.15) is 10.4 Å². The maximum absolute atomic E-state index is 13.1. The molecule has 0 N–H and O–H groups in total. The Bertz CT molecular complexity index is 1020. The zero-order valence-electron chi connectivity index (χ0n) is 16.9. The van der Waals surface area contributed by atoms with Crippen LogP contribution in [-0.2, 0) is 10.0 Å². The van der Waals surface area contributed by atoms with E-state index in [1.165, 1.54) is 37.8 Å².